The van der Waals surface area contributed by atoms with E-state index >= 15 is 0 Å². The van der Waals surface area contributed by atoms with Crippen LogP contribution in [0.5, 0.6) is 0 Å². The number of pyridine rings is 2. The third kappa shape index (κ3) is 5.44. The number of nitrogens with two attached hydrogens (primary N) is 1. The minimum atomic E-state index is -4.84. The molecule has 1 amide bonds. The summed E-state index contributed by atoms with van der Waals surface area (Å²) < 4.78 is 78.3. The third-order valence-corrected chi connectivity index (χ3v) is 6.38. The number of fused-ring (bicyclic) bond motifs is 1. The zero-order valence-corrected chi connectivity index (χ0v) is 20.2. The first-order chi connectivity index (χ1) is 17.3. The normalized spacial score (nSPS) is 12.1. The summed E-state index contributed by atoms with van der Waals surface area (Å²) in [6, 6.07) is 6.41. The van der Waals surface area contributed by atoms with Gasteiger partial charge in [-0.25, -0.2) is 32.7 Å². The zero-order chi connectivity index (χ0) is 27.1. The average molecular weight is 555 g/mol. The van der Waals surface area contributed by atoms with Crippen LogP contribution in [0.15, 0.2) is 53.9 Å². The van der Waals surface area contributed by atoms with E-state index in [1.54, 1.807) is 0 Å². The molecule has 0 radical (unpaired) electrons. The van der Waals surface area contributed by atoms with Gasteiger partial charge in [-0.3, -0.25) is 4.79 Å². The summed E-state index contributed by atoms with van der Waals surface area (Å²) in [5, 5.41) is -0.395. The monoisotopic (exact) mass is 554 g/mol. The average Bonchev–Trinajstić information content (AvgIpc) is 2.82. The van der Waals surface area contributed by atoms with Gasteiger partial charge in [-0.2, -0.15) is 13.2 Å². The van der Waals surface area contributed by atoms with E-state index < -0.39 is 45.1 Å². The molecule has 0 aliphatic carbocycles. The van der Waals surface area contributed by atoms with Crippen molar-refractivity contribution in [2.24, 2.45) is 0 Å². The van der Waals surface area contributed by atoms with Gasteiger partial charge in [-0.05, 0) is 35.9 Å². The van der Waals surface area contributed by atoms with Crippen LogP contribution in [0.25, 0.3) is 10.9 Å². The number of nitrogen functional groups attached to an aromatic ring is 1. The number of rotatable bonds is 5. The van der Waals surface area contributed by atoms with Gasteiger partial charge in [0.25, 0.3) is 5.91 Å². The summed E-state index contributed by atoms with van der Waals surface area (Å²) in [5.41, 5.74) is 5.40. The van der Waals surface area contributed by atoms with Gasteiger partial charge in [0, 0.05) is 30.2 Å². The lowest BCUT2D eigenvalue weighted by atomic mass is 10.1. The van der Waals surface area contributed by atoms with Crippen LogP contribution in [0, 0.1) is 5.82 Å². The number of aromatic nitrogens is 4. The Kier molecular flexibility index (Phi) is 6.73. The van der Waals surface area contributed by atoms with E-state index in [9.17, 15) is 30.8 Å². The van der Waals surface area contributed by atoms with Crippen molar-refractivity contribution in [2.45, 2.75) is 17.7 Å². The van der Waals surface area contributed by atoms with Crippen molar-refractivity contribution in [2.75, 3.05) is 16.9 Å². The van der Waals surface area contributed by atoms with Gasteiger partial charge in [0.15, 0.2) is 14.9 Å². The molecule has 9 nitrogen and oxygen atoms in total. The van der Waals surface area contributed by atoms with Gasteiger partial charge in [-0.1, -0.05) is 11.6 Å². The summed E-state index contributed by atoms with van der Waals surface area (Å²) in [5.74, 6) is -3.24. The lowest BCUT2D eigenvalue weighted by Crippen LogP contribution is -2.32. The molecular formula is C22H15ClF4N6O3S. The van der Waals surface area contributed by atoms with Gasteiger partial charge < -0.3 is 10.6 Å². The highest BCUT2D eigenvalue weighted by Crippen LogP contribution is 2.30. The molecule has 192 valence electrons. The predicted octanol–water partition coefficient (Wildman–Crippen LogP) is 4.06. The Morgan fingerprint density at radius 2 is 1.81 bits per heavy atom. The maximum Gasteiger partial charge on any atom is 0.451 e. The molecule has 0 saturated heterocycles. The second-order valence-corrected chi connectivity index (χ2v) is 10.1. The third-order valence-electron chi connectivity index (χ3n) is 5.06. The summed E-state index contributed by atoms with van der Waals surface area (Å²) in [4.78, 5) is 28.6. The number of halogens is 5. The lowest BCUT2D eigenvalue weighted by molar-refractivity contribution is -0.145. The lowest BCUT2D eigenvalue weighted by Gasteiger charge is -2.24. The number of hydrogen-bond acceptors (Lipinski definition) is 8. The molecule has 0 atom stereocenters. The number of alkyl halides is 3. The van der Waals surface area contributed by atoms with E-state index in [0.717, 1.165) is 17.2 Å². The fourth-order valence-electron chi connectivity index (χ4n) is 3.43. The molecule has 15 heteroatoms. The first-order valence-corrected chi connectivity index (χ1v) is 12.4. The number of hydrogen-bond donors (Lipinski definition) is 1. The number of carbonyl (C=O) groups excluding carboxylic acids is 1. The number of benzene rings is 1. The van der Waals surface area contributed by atoms with Crippen LogP contribution in [-0.4, -0.2) is 40.5 Å². The summed E-state index contributed by atoms with van der Waals surface area (Å²) in [7, 11) is -3.97. The Balaban J connectivity index is 1.85. The molecule has 0 unspecified atom stereocenters. The van der Waals surface area contributed by atoms with Crippen LogP contribution in [0.3, 0.4) is 0 Å². The molecule has 37 heavy (non-hydrogen) atoms. The molecule has 1 aromatic carbocycles. The van der Waals surface area contributed by atoms with E-state index in [1.165, 1.54) is 30.5 Å². The Morgan fingerprint density at radius 3 is 2.43 bits per heavy atom. The number of carbonyl (C=O) groups is 1. The van der Waals surface area contributed by atoms with Crippen LogP contribution in [0.1, 0.15) is 21.7 Å². The van der Waals surface area contributed by atoms with E-state index in [1.807, 2.05) is 0 Å². The summed E-state index contributed by atoms with van der Waals surface area (Å²) in [6.45, 7) is -0.425. The van der Waals surface area contributed by atoms with Gasteiger partial charge in [0.05, 0.1) is 28.3 Å². The van der Waals surface area contributed by atoms with Crippen LogP contribution in [0.2, 0.25) is 5.02 Å². The van der Waals surface area contributed by atoms with Crippen LogP contribution < -0.4 is 10.6 Å². The molecule has 0 spiro atoms. The fourth-order valence-corrected chi connectivity index (χ4v) is 4.39. The van der Waals surface area contributed by atoms with E-state index in [-0.39, 0.29) is 38.6 Å². The standard InChI is InChI=1S/C22H15ClF4N6O3S/c1-37(35,36)19-17(3-2-4-29-19)33(20(34)12-8-30-21(31-9-12)22(25,26)27)10-11-5-15(24)13-7-14(23)18(28)32-16(13)6-11/h2-9H,10H2,1H3,(H2,28,32). The molecule has 0 bridgehead atoms. The van der Waals surface area contributed by atoms with Crippen molar-refractivity contribution < 1.29 is 30.8 Å². The molecule has 0 saturated carbocycles. The van der Waals surface area contributed by atoms with E-state index in [4.69, 9.17) is 17.3 Å². The Labute approximate surface area is 211 Å². The molecule has 0 aliphatic heterocycles. The molecule has 0 aliphatic rings. The first-order valence-electron chi connectivity index (χ1n) is 10.2. The first kappa shape index (κ1) is 26.2. The van der Waals surface area contributed by atoms with Gasteiger partial charge in [0.2, 0.25) is 5.82 Å². The number of sulfone groups is 1. The smallest absolute Gasteiger partial charge is 0.382 e. The number of anilines is 2. The molecule has 3 heterocycles. The van der Waals surface area contributed by atoms with Crippen molar-refractivity contribution in [1.82, 2.24) is 19.9 Å². The Hall–Kier alpha value is -3.91. The SMILES string of the molecule is CS(=O)(=O)c1ncccc1N(Cc1cc(F)c2cc(Cl)c(N)nc2c1)C(=O)c1cnc(C(F)(F)F)nc1. The largest absolute Gasteiger partial charge is 0.451 e. The van der Waals surface area contributed by atoms with Gasteiger partial charge >= 0.3 is 6.18 Å². The molecule has 4 aromatic rings. The highest BCUT2D eigenvalue weighted by atomic mass is 35.5. The second kappa shape index (κ2) is 9.52. The van der Waals surface area contributed by atoms with E-state index in [0.29, 0.717) is 12.4 Å². The van der Waals surface area contributed by atoms with Gasteiger partial charge in [-0.15, -0.1) is 0 Å². The molecular weight excluding hydrogens is 540 g/mol. The summed E-state index contributed by atoms with van der Waals surface area (Å²) >= 11 is 5.92. The Bertz CT molecular complexity index is 1630. The van der Waals surface area contributed by atoms with Crippen LogP contribution in [0.4, 0.5) is 29.1 Å². The molecule has 2 N–H and O–H groups in total. The molecule has 0 fully saturated rings. The van der Waals surface area contributed by atoms with Crippen molar-refractivity contribution >= 4 is 49.8 Å². The van der Waals surface area contributed by atoms with Crippen molar-refractivity contribution in [3.8, 4) is 0 Å². The number of nitrogens with zero attached hydrogens (tertiary/aromatic N) is 5. The Morgan fingerprint density at radius 1 is 1.14 bits per heavy atom. The van der Waals surface area contributed by atoms with Crippen molar-refractivity contribution in [1.29, 1.82) is 0 Å². The van der Waals surface area contributed by atoms with E-state index in [2.05, 4.69) is 19.9 Å². The van der Waals surface area contributed by atoms with Gasteiger partial charge in [0.1, 0.15) is 11.6 Å². The van der Waals surface area contributed by atoms with Crippen molar-refractivity contribution in [3.63, 3.8) is 0 Å². The van der Waals surface area contributed by atoms with Crippen molar-refractivity contribution in [3.05, 3.63) is 76.7 Å². The van der Waals surface area contributed by atoms with Crippen LogP contribution >= 0.6 is 11.6 Å². The molecule has 3 aromatic heterocycles. The second-order valence-electron chi connectivity index (χ2n) is 7.78. The van der Waals surface area contributed by atoms with Crippen LogP contribution in [-0.2, 0) is 22.6 Å². The predicted molar refractivity (Wildman–Crippen MR) is 126 cm³/mol. The molecule has 4 rings (SSSR count). The number of amides is 1. The maximum atomic E-state index is 14.9. The minimum absolute atomic E-state index is 0.0337. The topological polar surface area (TPSA) is 132 Å². The zero-order valence-electron chi connectivity index (χ0n) is 18.7. The highest BCUT2D eigenvalue weighted by Gasteiger charge is 2.35. The quantitative estimate of drug-likeness (QED) is 0.365. The maximum absolute atomic E-state index is 14.9. The minimum Gasteiger partial charge on any atom is -0.382 e. The highest BCUT2D eigenvalue weighted by molar-refractivity contribution is 7.90. The summed E-state index contributed by atoms with van der Waals surface area (Å²) in [6.07, 6.45) is -1.46. The fraction of sp³-hybridized carbons (Fsp3) is 0.136.